The normalized spacial score (nSPS) is 13.9. The molecule has 1 aromatic carbocycles. The van der Waals surface area contributed by atoms with E-state index in [9.17, 15) is 14.4 Å². The number of benzene rings is 1. The van der Waals surface area contributed by atoms with Crippen molar-refractivity contribution in [1.82, 2.24) is 5.32 Å². The van der Waals surface area contributed by atoms with Crippen LogP contribution in [0.2, 0.25) is 0 Å². The minimum Gasteiger partial charge on any atom is -0.352 e. The molecular weight excluding hydrogens is 348 g/mol. The van der Waals surface area contributed by atoms with E-state index in [1.165, 1.54) is 11.3 Å². The summed E-state index contributed by atoms with van der Waals surface area (Å²) in [7, 11) is 0. The van der Waals surface area contributed by atoms with Gasteiger partial charge in [-0.25, -0.2) is 0 Å². The van der Waals surface area contributed by atoms with E-state index >= 15 is 0 Å². The van der Waals surface area contributed by atoms with Gasteiger partial charge in [-0.15, -0.1) is 11.3 Å². The molecule has 2 amide bonds. The molecule has 5 nitrogen and oxygen atoms in total. The highest BCUT2D eigenvalue weighted by Gasteiger charge is 2.21. The number of Topliss-reactive ketones (excluding diaryl/α,β-unsaturated/α-hetero) is 1. The zero-order valence-corrected chi connectivity index (χ0v) is 15.6. The Morgan fingerprint density at radius 2 is 1.88 bits per heavy atom. The number of amides is 2. The Balaban J connectivity index is 1.44. The summed E-state index contributed by atoms with van der Waals surface area (Å²) >= 11 is 1.46. The minimum atomic E-state index is -0.134. The van der Waals surface area contributed by atoms with Crippen molar-refractivity contribution in [1.29, 1.82) is 0 Å². The number of hydrogen-bond donors (Lipinski definition) is 1. The molecule has 0 unspecified atom stereocenters. The van der Waals surface area contributed by atoms with Crippen molar-refractivity contribution in [2.75, 3.05) is 11.4 Å². The van der Waals surface area contributed by atoms with Gasteiger partial charge in [0.25, 0.3) is 0 Å². The van der Waals surface area contributed by atoms with Crippen molar-refractivity contribution in [3.63, 3.8) is 0 Å². The fourth-order valence-corrected chi connectivity index (χ4v) is 3.77. The lowest BCUT2D eigenvalue weighted by Gasteiger charge is -2.16. The first-order valence-corrected chi connectivity index (χ1v) is 9.60. The van der Waals surface area contributed by atoms with E-state index in [-0.39, 0.29) is 30.4 Å². The Kier molecular flexibility index (Phi) is 5.83. The largest absolute Gasteiger partial charge is 0.352 e. The number of aryl methyl sites for hydroxylation is 1. The van der Waals surface area contributed by atoms with Crippen LogP contribution in [0.4, 0.5) is 5.69 Å². The summed E-state index contributed by atoms with van der Waals surface area (Å²) in [6.45, 7) is 3.14. The highest BCUT2D eigenvalue weighted by molar-refractivity contribution is 7.14. The molecule has 1 aliphatic heterocycles. The average Bonchev–Trinajstić information content (AvgIpc) is 3.26. The highest BCUT2D eigenvalue weighted by atomic mass is 32.1. The Morgan fingerprint density at radius 1 is 1.12 bits per heavy atom. The van der Waals surface area contributed by atoms with E-state index < -0.39 is 0 Å². The minimum absolute atomic E-state index is 0.0119. The van der Waals surface area contributed by atoms with Gasteiger partial charge in [0, 0.05) is 42.9 Å². The molecule has 2 heterocycles. The summed E-state index contributed by atoms with van der Waals surface area (Å²) in [4.78, 5) is 39.3. The monoisotopic (exact) mass is 370 g/mol. The van der Waals surface area contributed by atoms with Gasteiger partial charge < -0.3 is 10.2 Å². The maximum Gasteiger partial charge on any atom is 0.227 e. The van der Waals surface area contributed by atoms with Gasteiger partial charge >= 0.3 is 0 Å². The van der Waals surface area contributed by atoms with E-state index in [1.54, 1.807) is 4.90 Å². The number of hydrogen-bond acceptors (Lipinski definition) is 4. The Hall–Kier alpha value is -2.47. The standard InChI is InChI=1S/C20H22N2O3S/c1-14-4-10-18(26-14)17(23)9-11-19(24)21-13-15-5-7-16(8-6-15)22-12-2-3-20(22)25/h4-8,10H,2-3,9,11-13H2,1H3,(H,21,24). The van der Waals surface area contributed by atoms with Crippen LogP contribution in [0.3, 0.4) is 0 Å². The molecule has 2 aromatic rings. The molecule has 0 atom stereocenters. The van der Waals surface area contributed by atoms with E-state index in [0.29, 0.717) is 17.8 Å². The van der Waals surface area contributed by atoms with Gasteiger partial charge in [-0.1, -0.05) is 12.1 Å². The molecule has 3 rings (SSSR count). The van der Waals surface area contributed by atoms with Gasteiger partial charge in [0.1, 0.15) is 0 Å². The molecule has 136 valence electrons. The quantitative estimate of drug-likeness (QED) is 0.759. The van der Waals surface area contributed by atoms with Crippen molar-refractivity contribution in [3.8, 4) is 0 Å². The fraction of sp³-hybridized carbons (Fsp3) is 0.350. The van der Waals surface area contributed by atoms with Crippen molar-refractivity contribution in [2.45, 2.75) is 39.2 Å². The number of rotatable bonds is 7. The first-order chi connectivity index (χ1) is 12.5. The zero-order valence-electron chi connectivity index (χ0n) is 14.8. The molecular formula is C20H22N2O3S. The molecule has 0 bridgehead atoms. The van der Waals surface area contributed by atoms with Crippen molar-refractivity contribution < 1.29 is 14.4 Å². The SMILES string of the molecule is Cc1ccc(C(=O)CCC(=O)NCc2ccc(N3CCCC3=O)cc2)s1. The summed E-state index contributed by atoms with van der Waals surface area (Å²) in [5.41, 5.74) is 1.87. The van der Waals surface area contributed by atoms with Crippen LogP contribution in [-0.4, -0.2) is 24.1 Å². The lowest BCUT2D eigenvalue weighted by Crippen LogP contribution is -2.24. The Labute approximate surface area is 157 Å². The zero-order chi connectivity index (χ0) is 18.5. The van der Waals surface area contributed by atoms with Crippen LogP contribution in [0.25, 0.3) is 0 Å². The molecule has 6 heteroatoms. The summed E-state index contributed by atoms with van der Waals surface area (Å²) in [6.07, 6.45) is 1.93. The van der Waals surface area contributed by atoms with Crippen LogP contribution in [0.5, 0.6) is 0 Å². The van der Waals surface area contributed by atoms with Crippen LogP contribution in [-0.2, 0) is 16.1 Å². The third-order valence-corrected chi connectivity index (χ3v) is 5.45. The number of nitrogens with one attached hydrogen (secondary N) is 1. The smallest absolute Gasteiger partial charge is 0.227 e. The number of carbonyl (C=O) groups is 3. The average molecular weight is 370 g/mol. The third kappa shape index (κ3) is 4.58. The summed E-state index contributed by atoms with van der Waals surface area (Å²) in [5.74, 6) is 0.0416. The van der Waals surface area contributed by atoms with Crippen molar-refractivity contribution >= 4 is 34.6 Å². The molecule has 0 saturated carbocycles. The van der Waals surface area contributed by atoms with Gasteiger partial charge in [-0.3, -0.25) is 14.4 Å². The predicted octanol–water partition coefficient (Wildman–Crippen LogP) is 3.46. The molecule has 0 aliphatic carbocycles. The molecule has 1 saturated heterocycles. The van der Waals surface area contributed by atoms with Gasteiger partial charge in [0.05, 0.1) is 4.88 Å². The number of carbonyl (C=O) groups excluding carboxylic acids is 3. The Bertz CT molecular complexity index is 811. The summed E-state index contributed by atoms with van der Waals surface area (Å²) < 4.78 is 0. The topological polar surface area (TPSA) is 66.5 Å². The van der Waals surface area contributed by atoms with Crippen LogP contribution in [0, 0.1) is 6.92 Å². The number of thiophene rings is 1. The number of nitrogens with zero attached hydrogens (tertiary/aromatic N) is 1. The second-order valence-electron chi connectivity index (χ2n) is 6.43. The van der Waals surface area contributed by atoms with E-state index in [2.05, 4.69) is 5.32 Å². The number of anilines is 1. The molecule has 26 heavy (non-hydrogen) atoms. The molecule has 1 fully saturated rings. The maximum absolute atomic E-state index is 12.0. The molecule has 1 aromatic heterocycles. The summed E-state index contributed by atoms with van der Waals surface area (Å²) in [5, 5.41) is 2.84. The summed E-state index contributed by atoms with van der Waals surface area (Å²) in [6, 6.07) is 11.4. The lowest BCUT2D eigenvalue weighted by atomic mass is 10.1. The number of ketones is 1. The van der Waals surface area contributed by atoms with Crippen LogP contribution in [0.1, 0.15) is 45.8 Å². The van der Waals surface area contributed by atoms with Crippen molar-refractivity contribution in [3.05, 3.63) is 51.7 Å². The van der Waals surface area contributed by atoms with E-state index in [0.717, 1.165) is 29.1 Å². The molecule has 1 N–H and O–H groups in total. The van der Waals surface area contributed by atoms with Crippen molar-refractivity contribution in [2.24, 2.45) is 0 Å². The van der Waals surface area contributed by atoms with Crippen LogP contribution >= 0.6 is 11.3 Å². The van der Waals surface area contributed by atoms with E-state index in [1.807, 2.05) is 43.3 Å². The fourth-order valence-electron chi connectivity index (χ4n) is 2.94. The van der Waals surface area contributed by atoms with Gasteiger partial charge in [0.2, 0.25) is 11.8 Å². The predicted molar refractivity (Wildman–Crippen MR) is 102 cm³/mol. The Morgan fingerprint density at radius 3 is 2.50 bits per heavy atom. The molecule has 0 radical (unpaired) electrons. The molecule has 0 spiro atoms. The maximum atomic E-state index is 12.0. The van der Waals surface area contributed by atoms with Gasteiger partial charge in [-0.05, 0) is 43.2 Å². The first kappa shape index (κ1) is 18.3. The molecule has 1 aliphatic rings. The third-order valence-electron chi connectivity index (χ3n) is 4.41. The van der Waals surface area contributed by atoms with Gasteiger partial charge in [0.15, 0.2) is 5.78 Å². The van der Waals surface area contributed by atoms with Crippen LogP contribution in [0.15, 0.2) is 36.4 Å². The second-order valence-corrected chi connectivity index (χ2v) is 7.71. The van der Waals surface area contributed by atoms with Gasteiger partial charge in [-0.2, -0.15) is 0 Å². The lowest BCUT2D eigenvalue weighted by molar-refractivity contribution is -0.121. The second kappa shape index (κ2) is 8.27. The highest BCUT2D eigenvalue weighted by Crippen LogP contribution is 2.21. The van der Waals surface area contributed by atoms with Crippen LogP contribution < -0.4 is 10.2 Å². The van der Waals surface area contributed by atoms with E-state index in [4.69, 9.17) is 0 Å². The first-order valence-electron chi connectivity index (χ1n) is 8.78.